The Bertz CT molecular complexity index is 731. The number of carbonyl (C=O) groups excluding carboxylic acids is 1. The van der Waals surface area contributed by atoms with Crippen LogP contribution in [0, 0.1) is 19.2 Å². The van der Waals surface area contributed by atoms with Gasteiger partial charge >= 0.3 is 12.9 Å². The van der Waals surface area contributed by atoms with Gasteiger partial charge in [-0.3, -0.25) is 4.79 Å². The highest BCUT2D eigenvalue weighted by Gasteiger charge is 2.21. The van der Waals surface area contributed by atoms with Crippen molar-refractivity contribution in [1.82, 2.24) is 0 Å². The fraction of sp³-hybridized carbons (Fsp3) is 0.133. The summed E-state index contributed by atoms with van der Waals surface area (Å²) < 4.78 is 39.0. The molecule has 0 aliphatic rings. The molecule has 120 valence electrons. The molecule has 0 fully saturated rings. The molecule has 0 saturated carbocycles. The number of hydrogen-bond donors (Lipinski definition) is 0. The maximum absolute atomic E-state index is 12.3. The van der Waals surface area contributed by atoms with Crippen molar-refractivity contribution in [3.8, 4) is 0 Å². The van der Waals surface area contributed by atoms with Crippen molar-refractivity contribution < 1.29 is 22.1 Å². The molecule has 8 heteroatoms. The maximum atomic E-state index is 12.3. The number of diazo groups is 1. The SMILES string of the molecule is Cc1ccc(C(=O)c2ccc(C)cc2[N+]#N)cc1.F[B-](F)(F)F. The minimum atomic E-state index is -6.00. The van der Waals surface area contributed by atoms with Crippen LogP contribution in [0.4, 0.5) is 23.0 Å². The number of hydrogen-bond acceptors (Lipinski definition) is 2. The lowest BCUT2D eigenvalue weighted by Gasteiger charge is -2.00. The van der Waals surface area contributed by atoms with E-state index < -0.39 is 7.25 Å². The van der Waals surface area contributed by atoms with Crippen molar-refractivity contribution in [2.24, 2.45) is 0 Å². The van der Waals surface area contributed by atoms with Crippen LogP contribution < -0.4 is 0 Å². The minimum Gasteiger partial charge on any atom is -0.418 e. The summed E-state index contributed by atoms with van der Waals surface area (Å²) in [4.78, 5) is 15.5. The monoisotopic (exact) mass is 324 g/mol. The van der Waals surface area contributed by atoms with E-state index in [1.807, 2.05) is 32.0 Å². The topological polar surface area (TPSA) is 45.2 Å². The lowest BCUT2D eigenvalue weighted by Crippen LogP contribution is -2.02. The van der Waals surface area contributed by atoms with Crippen LogP contribution in [0.5, 0.6) is 0 Å². The van der Waals surface area contributed by atoms with Crippen molar-refractivity contribution >= 4 is 18.7 Å². The third-order valence-electron chi connectivity index (χ3n) is 2.82. The van der Waals surface area contributed by atoms with Crippen LogP contribution >= 0.6 is 0 Å². The number of carbonyl (C=O) groups is 1. The summed E-state index contributed by atoms with van der Waals surface area (Å²) in [6.07, 6.45) is 0. The second-order valence-electron chi connectivity index (χ2n) is 4.81. The van der Waals surface area contributed by atoms with Crippen LogP contribution in [0.15, 0.2) is 42.5 Å². The number of aryl methyl sites for hydroxylation is 2. The second kappa shape index (κ2) is 7.54. The Morgan fingerprint density at radius 1 is 0.957 bits per heavy atom. The molecule has 0 N–H and O–H groups in total. The van der Waals surface area contributed by atoms with Crippen molar-refractivity contribution in [2.75, 3.05) is 0 Å². The number of halogens is 4. The van der Waals surface area contributed by atoms with Gasteiger partial charge < -0.3 is 17.3 Å². The third-order valence-corrected chi connectivity index (χ3v) is 2.82. The summed E-state index contributed by atoms with van der Waals surface area (Å²) in [7, 11) is -6.00. The smallest absolute Gasteiger partial charge is 0.418 e. The maximum Gasteiger partial charge on any atom is 0.673 e. The third kappa shape index (κ3) is 6.30. The summed E-state index contributed by atoms with van der Waals surface area (Å²) in [5, 5.41) is 8.96. The van der Waals surface area contributed by atoms with Crippen LogP contribution in [0.1, 0.15) is 27.0 Å². The van der Waals surface area contributed by atoms with Gasteiger partial charge in [-0.05, 0) is 25.5 Å². The van der Waals surface area contributed by atoms with Crippen LogP contribution in [-0.4, -0.2) is 13.0 Å². The van der Waals surface area contributed by atoms with Gasteiger partial charge in [0.05, 0.1) is 0 Å². The molecule has 0 aliphatic carbocycles. The highest BCUT2D eigenvalue weighted by atomic mass is 19.5. The highest BCUT2D eigenvalue weighted by Crippen LogP contribution is 2.23. The first-order valence-electron chi connectivity index (χ1n) is 6.56. The summed E-state index contributed by atoms with van der Waals surface area (Å²) in [5.74, 6) is -0.136. The van der Waals surface area contributed by atoms with Crippen molar-refractivity contribution in [2.45, 2.75) is 13.8 Å². The van der Waals surface area contributed by atoms with E-state index in [1.165, 1.54) is 0 Å². The molecule has 0 atom stereocenters. The van der Waals surface area contributed by atoms with Gasteiger partial charge in [-0.15, -0.1) is 0 Å². The molecule has 0 amide bonds. The molecule has 0 spiro atoms. The second-order valence-corrected chi connectivity index (χ2v) is 4.81. The quantitative estimate of drug-likeness (QED) is 0.325. The van der Waals surface area contributed by atoms with Gasteiger partial charge in [-0.2, -0.15) is 0 Å². The average Bonchev–Trinajstić information content (AvgIpc) is 2.45. The first-order valence-corrected chi connectivity index (χ1v) is 6.56. The van der Waals surface area contributed by atoms with Crippen LogP contribution in [0.25, 0.3) is 4.98 Å². The molecule has 0 saturated heterocycles. The lowest BCUT2D eigenvalue weighted by atomic mass is 10.00. The molecule has 0 unspecified atom stereocenters. The van der Waals surface area contributed by atoms with Gasteiger partial charge in [0.1, 0.15) is 5.56 Å². The van der Waals surface area contributed by atoms with E-state index in [1.54, 1.807) is 24.3 Å². The van der Waals surface area contributed by atoms with Gasteiger partial charge in [0.2, 0.25) is 11.2 Å². The summed E-state index contributed by atoms with van der Waals surface area (Å²) in [6, 6.07) is 12.5. The first kappa shape index (κ1) is 18.4. The van der Waals surface area contributed by atoms with Gasteiger partial charge in [0.25, 0.3) is 0 Å². The zero-order valence-corrected chi connectivity index (χ0v) is 12.4. The van der Waals surface area contributed by atoms with E-state index in [2.05, 4.69) is 4.98 Å². The average molecular weight is 324 g/mol. The molecule has 2 rings (SSSR count). The van der Waals surface area contributed by atoms with Crippen LogP contribution in [0.3, 0.4) is 0 Å². The number of rotatable bonds is 2. The molecule has 0 aliphatic heterocycles. The first-order chi connectivity index (χ1) is 10.6. The van der Waals surface area contributed by atoms with Gasteiger partial charge in [0.15, 0.2) is 4.98 Å². The number of nitrogens with zero attached hydrogens (tertiary/aromatic N) is 2. The molecule has 3 nitrogen and oxygen atoms in total. The Morgan fingerprint density at radius 2 is 1.43 bits per heavy atom. The summed E-state index contributed by atoms with van der Waals surface area (Å²) in [6.45, 7) is 3.85. The van der Waals surface area contributed by atoms with E-state index in [4.69, 9.17) is 5.39 Å². The van der Waals surface area contributed by atoms with E-state index in [0.29, 0.717) is 16.8 Å². The van der Waals surface area contributed by atoms with Gasteiger partial charge in [-0.1, -0.05) is 35.9 Å². The van der Waals surface area contributed by atoms with Crippen molar-refractivity contribution in [3.05, 3.63) is 69.7 Å². The minimum absolute atomic E-state index is 0.136. The van der Waals surface area contributed by atoms with Gasteiger partial charge in [0, 0.05) is 11.6 Å². The van der Waals surface area contributed by atoms with E-state index in [0.717, 1.165) is 11.1 Å². The van der Waals surface area contributed by atoms with Crippen molar-refractivity contribution in [1.29, 1.82) is 5.39 Å². The molecule has 0 bridgehead atoms. The molecule has 23 heavy (non-hydrogen) atoms. The molecular weight excluding hydrogens is 311 g/mol. The Labute approximate surface area is 130 Å². The zero-order chi connectivity index (χ0) is 17.6. The normalized spacial score (nSPS) is 10.3. The molecule has 2 aromatic carbocycles. The Kier molecular flexibility index (Phi) is 6.02. The Balaban J connectivity index is 0.000000463. The van der Waals surface area contributed by atoms with E-state index in [9.17, 15) is 22.1 Å². The number of ketones is 1. The molecule has 2 aromatic rings. The lowest BCUT2D eigenvalue weighted by molar-refractivity contribution is 0.103. The summed E-state index contributed by atoms with van der Waals surface area (Å²) >= 11 is 0. The Hall–Kier alpha value is -2.69. The van der Waals surface area contributed by atoms with E-state index >= 15 is 0 Å². The molecule has 0 radical (unpaired) electrons. The van der Waals surface area contributed by atoms with Gasteiger partial charge in [-0.25, -0.2) is 0 Å². The molecular formula is C15H13BF4N2O. The van der Waals surface area contributed by atoms with Crippen LogP contribution in [-0.2, 0) is 0 Å². The molecule has 0 heterocycles. The van der Waals surface area contributed by atoms with Crippen LogP contribution in [0.2, 0.25) is 0 Å². The van der Waals surface area contributed by atoms with Crippen molar-refractivity contribution in [3.63, 3.8) is 0 Å². The summed E-state index contributed by atoms with van der Waals surface area (Å²) in [5.41, 5.74) is 3.35. The number of benzene rings is 2. The fourth-order valence-corrected chi connectivity index (χ4v) is 1.78. The molecule has 0 aromatic heterocycles. The van der Waals surface area contributed by atoms with E-state index in [-0.39, 0.29) is 5.78 Å². The highest BCUT2D eigenvalue weighted by molar-refractivity contribution is 6.50. The predicted molar refractivity (Wildman–Crippen MR) is 80.7 cm³/mol. The largest absolute Gasteiger partial charge is 0.673 e. The zero-order valence-electron chi connectivity index (χ0n) is 12.4. The fourth-order valence-electron chi connectivity index (χ4n) is 1.78. The Morgan fingerprint density at radius 3 is 1.91 bits per heavy atom. The predicted octanol–water partition coefficient (Wildman–Crippen LogP) is 5.32. The standard InChI is InChI=1S/C15H13N2O.BF4/c1-10-3-6-12(7-4-10)15(18)13-8-5-11(2)9-14(13)17-16;2-1(3,4)5/h3-9H,1-2H3;/q+1;-1.